The normalized spacial score (nSPS) is 10.5. The van der Waals surface area contributed by atoms with Gasteiger partial charge < -0.3 is 4.74 Å². The number of ether oxygens (including phenoxy) is 1. The number of allylic oxidation sites excluding steroid dienone is 1. The summed E-state index contributed by atoms with van der Waals surface area (Å²) in [5.41, 5.74) is 0.0405. The lowest BCUT2D eigenvalue weighted by Gasteiger charge is -1.99. The Morgan fingerprint density at radius 2 is 2.23 bits per heavy atom. The molecule has 0 aliphatic carbocycles. The predicted octanol–water partition coefficient (Wildman–Crippen LogP) is 1.57. The largest absolute Gasteiger partial charge is 0.461 e. The Labute approximate surface area is 77.3 Å². The Bertz CT molecular complexity index is 239. The van der Waals surface area contributed by atoms with Crippen molar-refractivity contribution in [1.29, 1.82) is 0 Å². The van der Waals surface area contributed by atoms with Crippen molar-refractivity contribution in [2.45, 2.75) is 26.7 Å². The molecule has 13 heavy (non-hydrogen) atoms. The molecule has 0 unspecified atom stereocenters. The van der Waals surface area contributed by atoms with Gasteiger partial charge in [-0.05, 0) is 13.3 Å². The lowest BCUT2D eigenvalue weighted by atomic mass is 10.3. The minimum atomic E-state index is -0.570. The van der Waals surface area contributed by atoms with Crippen LogP contribution in [0.1, 0.15) is 26.7 Å². The topological polar surface area (TPSA) is 55.7 Å². The zero-order valence-electron chi connectivity index (χ0n) is 7.87. The Kier molecular flexibility index (Phi) is 6.46. The van der Waals surface area contributed by atoms with Gasteiger partial charge in [-0.15, -0.1) is 0 Å². The molecule has 0 aromatic rings. The molecule has 0 aliphatic heterocycles. The number of nitrogens with zero attached hydrogens (tertiary/aromatic N) is 1. The summed E-state index contributed by atoms with van der Waals surface area (Å²) in [5, 5.41) is 0. The Hall–Kier alpha value is -1.41. The van der Waals surface area contributed by atoms with E-state index in [1.165, 1.54) is 6.08 Å². The van der Waals surface area contributed by atoms with E-state index in [4.69, 9.17) is 0 Å². The lowest BCUT2D eigenvalue weighted by molar-refractivity contribution is -0.138. The molecule has 0 amide bonds. The van der Waals surface area contributed by atoms with E-state index in [0.717, 1.165) is 6.42 Å². The van der Waals surface area contributed by atoms with Crippen LogP contribution >= 0.6 is 0 Å². The van der Waals surface area contributed by atoms with Crippen molar-refractivity contribution >= 4 is 12.0 Å². The predicted molar refractivity (Wildman–Crippen MR) is 47.7 cm³/mol. The maximum atomic E-state index is 11.1. The summed E-state index contributed by atoms with van der Waals surface area (Å²) in [4.78, 5) is 24.3. The molecule has 0 atom stereocenters. The zero-order chi connectivity index (χ0) is 10.1. The molecular formula is C9H13NO3. The number of hydrogen-bond acceptors (Lipinski definition) is 4. The van der Waals surface area contributed by atoms with Crippen molar-refractivity contribution < 1.29 is 14.3 Å². The van der Waals surface area contributed by atoms with E-state index in [0.29, 0.717) is 6.42 Å². The van der Waals surface area contributed by atoms with Gasteiger partial charge in [-0.1, -0.05) is 19.4 Å². The molecule has 0 fully saturated rings. The summed E-state index contributed by atoms with van der Waals surface area (Å²) in [6.07, 6.45) is 4.47. The maximum Gasteiger partial charge on any atom is 0.357 e. The van der Waals surface area contributed by atoms with Gasteiger partial charge in [0.1, 0.15) is 0 Å². The quantitative estimate of drug-likeness (QED) is 0.281. The second-order valence-corrected chi connectivity index (χ2v) is 2.30. The Balaban J connectivity index is 4.40. The van der Waals surface area contributed by atoms with Gasteiger partial charge in [0.2, 0.25) is 6.08 Å². The molecule has 0 N–H and O–H groups in total. The number of aliphatic imine (C=N–C) groups is 1. The number of rotatable bonds is 5. The van der Waals surface area contributed by atoms with Crippen molar-refractivity contribution in [1.82, 2.24) is 0 Å². The monoisotopic (exact) mass is 183 g/mol. The van der Waals surface area contributed by atoms with E-state index < -0.39 is 5.97 Å². The van der Waals surface area contributed by atoms with Gasteiger partial charge in [-0.25, -0.2) is 9.59 Å². The van der Waals surface area contributed by atoms with Crippen LogP contribution in [-0.4, -0.2) is 18.7 Å². The molecular weight excluding hydrogens is 170 g/mol. The number of esters is 1. The average molecular weight is 183 g/mol. The smallest absolute Gasteiger partial charge is 0.357 e. The Morgan fingerprint density at radius 1 is 1.54 bits per heavy atom. The van der Waals surface area contributed by atoms with Gasteiger partial charge in [-0.3, -0.25) is 0 Å². The SMILES string of the molecule is CCC/C=C(\N=C=O)C(=O)OCC. The molecule has 0 radical (unpaired) electrons. The highest BCUT2D eigenvalue weighted by atomic mass is 16.5. The van der Waals surface area contributed by atoms with Crippen molar-refractivity contribution in [3.05, 3.63) is 11.8 Å². The molecule has 0 aromatic carbocycles. The van der Waals surface area contributed by atoms with E-state index in [2.05, 4.69) is 9.73 Å². The van der Waals surface area contributed by atoms with E-state index in [9.17, 15) is 9.59 Å². The molecule has 4 nitrogen and oxygen atoms in total. The van der Waals surface area contributed by atoms with Crippen LogP contribution in [0.15, 0.2) is 16.8 Å². The van der Waals surface area contributed by atoms with Crippen LogP contribution in [-0.2, 0) is 14.3 Å². The van der Waals surface area contributed by atoms with Crippen molar-refractivity contribution in [2.75, 3.05) is 6.61 Å². The first-order chi connectivity index (χ1) is 6.26. The first-order valence-corrected chi connectivity index (χ1v) is 4.21. The second kappa shape index (κ2) is 7.25. The van der Waals surface area contributed by atoms with Crippen molar-refractivity contribution in [3.63, 3.8) is 0 Å². The molecule has 72 valence electrons. The molecule has 0 saturated heterocycles. The molecule has 4 heteroatoms. The molecule has 0 bridgehead atoms. The number of hydrogen-bond donors (Lipinski definition) is 0. The number of isocyanates is 1. The van der Waals surface area contributed by atoms with E-state index >= 15 is 0 Å². The first kappa shape index (κ1) is 11.6. The minimum Gasteiger partial charge on any atom is -0.461 e. The maximum absolute atomic E-state index is 11.1. The van der Waals surface area contributed by atoms with Crippen LogP contribution in [0.3, 0.4) is 0 Å². The fraction of sp³-hybridized carbons (Fsp3) is 0.556. The summed E-state index contributed by atoms with van der Waals surface area (Å²) in [6, 6.07) is 0. The second-order valence-electron chi connectivity index (χ2n) is 2.30. The first-order valence-electron chi connectivity index (χ1n) is 4.21. The molecule has 0 rings (SSSR count). The van der Waals surface area contributed by atoms with Crippen LogP contribution in [0.4, 0.5) is 0 Å². The van der Waals surface area contributed by atoms with Crippen LogP contribution in [0.25, 0.3) is 0 Å². The highest BCUT2D eigenvalue weighted by molar-refractivity contribution is 5.88. The van der Waals surface area contributed by atoms with Gasteiger partial charge in [-0.2, -0.15) is 4.99 Å². The van der Waals surface area contributed by atoms with Crippen molar-refractivity contribution in [2.24, 2.45) is 4.99 Å². The highest BCUT2D eigenvalue weighted by Crippen LogP contribution is 2.02. The van der Waals surface area contributed by atoms with Crippen LogP contribution < -0.4 is 0 Å². The van der Waals surface area contributed by atoms with Gasteiger partial charge >= 0.3 is 5.97 Å². The molecule has 0 aliphatic rings. The van der Waals surface area contributed by atoms with Crippen LogP contribution in [0, 0.1) is 0 Å². The molecule has 0 spiro atoms. The third kappa shape index (κ3) is 4.93. The molecule has 0 heterocycles. The summed E-state index contributed by atoms with van der Waals surface area (Å²) in [5.74, 6) is -0.570. The van der Waals surface area contributed by atoms with Gasteiger partial charge in [0.15, 0.2) is 5.70 Å². The standard InChI is InChI=1S/C9H13NO3/c1-3-5-6-8(10-7-11)9(12)13-4-2/h6H,3-5H2,1-2H3/b8-6-. The van der Waals surface area contributed by atoms with Gasteiger partial charge in [0, 0.05) is 0 Å². The summed E-state index contributed by atoms with van der Waals surface area (Å²) in [6.45, 7) is 3.93. The fourth-order valence-corrected chi connectivity index (χ4v) is 0.710. The van der Waals surface area contributed by atoms with E-state index in [1.54, 1.807) is 13.0 Å². The fourth-order valence-electron chi connectivity index (χ4n) is 0.710. The Morgan fingerprint density at radius 3 is 2.69 bits per heavy atom. The number of unbranched alkanes of at least 4 members (excludes halogenated alkanes) is 1. The third-order valence-electron chi connectivity index (χ3n) is 1.28. The lowest BCUT2D eigenvalue weighted by Crippen LogP contribution is -2.05. The summed E-state index contributed by atoms with van der Waals surface area (Å²) < 4.78 is 4.67. The molecule has 0 aromatic heterocycles. The highest BCUT2D eigenvalue weighted by Gasteiger charge is 2.07. The summed E-state index contributed by atoms with van der Waals surface area (Å²) >= 11 is 0. The minimum absolute atomic E-state index is 0.0405. The van der Waals surface area contributed by atoms with E-state index in [1.807, 2.05) is 6.92 Å². The molecule has 0 saturated carbocycles. The zero-order valence-corrected chi connectivity index (χ0v) is 7.87. The third-order valence-corrected chi connectivity index (χ3v) is 1.28. The number of carbonyl (C=O) groups excluding carboxylic acids is 2. The van der Waals surface area contributed by atoms with Crippen LogP contribution in [0.5, 0.6) is 0 Å². The number of carbonyl (C=O) groups is 1. The van der Waals surface area contributed by atoms with Crippen LogP contribution in [0.2, 0.25) is 0 Å². The average Bonchev–Trinajstić information content (AvgIpc) is 2.12. The van der Waals surface area contributed by atoms with E-state index in [-0.39, 0.29) is 12.3 Å². The van der Waals surface area contributed by atoms with Gasteiger partial charge in [0.25, 0.3) is 0 Å². The van der Waals surface area contributed by atoms with Gasteiger partial charge in [0.05, 0.1) is 6.61 Å². The summed E-state index contributed by atoms with van der Waals surface area (Å²) in [7, 11) is 0. The van der Waals surface area contributed by atoms with Crippen molar-refractivity contribution in [3.8, 4) is 0 Å².